The number of rotatable bonds is 2. The van der Waals surface area contributed by atoms with E-state index >= 15 is 0 Å². The summed E-state index contributed by atoms with van der Waals surface area (Å²) in [5.74, 6) is 0. The van der Waals surface area contributed by atoms with Gasteiger partial charge in [-0.05, 0) is 30.4 Å². The smallest absolute Gasteiger partial charge is 0.262 e. The molecule has 2 aromatic rings. The number of hydrogen-bond donors (Lipinski definition) is 0. The Morgan fingerprint density at radius 3 is 2.57 bits per heavy atom. The molecule has 5 nitrogen and oxygen atoms in total. The van der Waals surface area contributed by atoms with E-state index in [0.29, 0.717) is 18.7 Å². The minimum absolute atomic E-state index is 0.0334. The first-order valence-electron chi connectivity index (χ1n) is 6.94. The first kappa shape index (κ1) is 14.8. The average Bonchev–Trinajstić information content (AvgIpc) is 2.74. The van der Waals surface area contributed by atoms with E-state index in [0.717, 1.165) is 12.8 Å². The lowest BCUT2D eigenvalue weighted by molar-refractivity contribution is 0.195. The van der Waals surface area contributed by atoms with Gasteiger partial charge in [-0.25, -0.2) is 13.4 Å². The van der Waals surface area contributed by atoms with Crippen LogP contribution in [-0.4, -0.2) is 35.2 Å². The van der Waals surface area contributed by atoms with Crippen LogP contribution in [-0.2, 0) is 10.0 Å². The van der Waals surface area contributed by atoms with Crippen LogP contribution in [0, 0.1) is 5.41 Å². The first-order chi connectivity index (χ1) is 9.81. The van der Waals surface area contributed by atoms with Crippen LogP contribution >= 0.6 is 11.6 Å². The van der Waals surface area contributed by atoms with Gasteiger partial charge in [0, 0.05) is 19.3 Å². The van der Waals surface area contributed by atoms with Crippen molar-refractivity contribution >= 4 is 27.3 Å². The van der Waals surface area contributed by atoms with E-state index in [2.05, 4.69) is 18.8 Å². The number of aromatic nitrogens is 2. The number of piperidine rings is 1. The summed E-state index contributed by atoms with van der Waals surface area (Å²) in [4.78, 5) is 4.13. The molecule has 0 atom stereocenters. The molecule has 21 heavy (non-hydrogen) atoms. The fraction of sp³-hybridized carbons (Fsp3) is 0.500. The zero-order valence-corrected chi connectivity index (χ0v) is 13.7. The molecule has 3 rings (SSSR count). The van der Waals surface area contributed by atoms with Gasteiger partial charge >= 0.3 is 0 Å². The van der Waals surface area contributed by atoms with Gasteiger partial charge in [0.05, 0.1) is 0 Å². The van der Waals surface area contributed by atoms with E-state index in [4.69, 9.17) is 11.6 Å². The molecule has 0 amide bonds. The summed E-state index contributed by atoms with van der Waals surface area (Å²) < 4.78 is 28.8. The summed E-state index contributed by atoms with van der Waals surface area (Å²) in [5.41, 5.74) is 0.730. The molecule has 1 aliphatic rings. The molecule has 1 fully saturated rings. The lowest BCUT2D eigenvalue weighted by Gasteiger charge is -2.35. The van der Waals surface area contributed by atoms with Crippen molar-refractivity contribution in [3.05, 3.63) is 29.5 Å². The summed E-state index contributed by atoms with van der Waals surface area (Å²) in [7, 11) is -3.62. The zero-order valence-electron chi connectivity index (χ0n) is 12.1. The lowest BCUT2D eigenvalue weighted by atomic mass is 9.83. The zero-order chi connectivity index (χ0) is 15.3. The van der Waals surface area contributed by atoms with Gasteiger partial charge in [0.2, 0.25) is 0 Å². The number of nitrogens with zero attached hydrogens (tertiary/aromatic N) is 3. The SMILES string of the molecule is CC1(C)CCN(S(=O)(=O)c2c(Cl)nc3ccccn23)CC1. The summed E-state index contributed by atoms with van der Waals surface area (Å²) in [5, 5.41) is 0.102. The molecule has 0 aliphatic carbocycles. The molecule has 1 saturated heterocycles. The van der Waals surface area contributed by atoms with Crippen molar-refractivity contribution in [3.63, 3.8) is 0 Å². The predicted octanol–water partition coefficient (Wildman–Crippen LogP) is 2.80. The van der Waals surface area contributed by atoms with E-state index in [-0.39, 0.29) is 15.6 Å². The van der Waals surface area contributed by atoms with E-state index < -0.39 is 10.0 Å². The van der Waals surface area contributed by atoms with Crippen molar-refractivity contribution in [2.24, 2.45) is 5.41 Å². The summed E-state index contributed by atoms with van der Waals surface area (Å²) in [6.07, 6.45) is 3.37. The van der Waals surface area contributed by atoms with Gasteiger partial charge in [0.25, 0.3) is 10.0 Å². The van der Waals surface area contributed by atoms with Crippen molar-refractivity contribution in [2.45, 2.75) is 31.7 Å². The Morgan fingerprint density at radius 2 is 1.90 bits per heavy atom. The van der Waals surface area contributed by atoms with Crippen LogP contribution in [0.1, 0.15) is 26.7 Å². The molecule has 3 heterocycles. The molecule has 0 unspecified atom stereocenters. The molecule has 0 spiro atoms. The van der Waals surface area contributed by atoms with Crippen LogP contribution in [0.4, 0.5) is 0 Å². The van der Waals surface area contributed by atoms with Crippen LogP contribution in [0.3, 0.4) is 0 Å². The van der Waals surface area contributed by atoms with Gasteiger partial charge in [-0.2, -0.15) is 4.31 Å². The van der Waals surface area contributed by atoms with Gasteiger partial charge in [0.15, 0.2) is 10.2 Å². The molecule has 0 bridgehead atoms. The van der Waals surface area contributed by atoms with Crippen LogP contribution in [0.25, 0.3) is 5.65 Å². The Balaban J connectivity index is 2.03. The third-order valence-electron chi connectivity index (χ3n) is 4.11. The quantitative estimate of drug-likeness (QED) is 0.852. The number of hydrogen-bond acceptors (Lipinski definition) is 3. The fourth-order valence-corrected chi connectivity index (χ4v) is 4.67. The van der Waals surface area contributed by atoms with Crippen molar-refractivity contribution in [1.29, 1.82) is 0 Å². The van der Waals surface area contributed by atoms with Crippen LogP contribution in [0.2, 0.25) is 5.15 Å². The minimum Gasteiger partial charge on any atom is -0.288 e. The highest BCUT2D eigenvalue weighted by molar-refractivity contribution is 7.89. The van der Waals surface area contributed by atoms with Gasteiger partial charge in [0.1, 0.15) is 5.65 Å². The summed E-state index contributed by atoms with van der Waals surface area (Å²) in [6, 6.07) is 5.31. The number of sulfonamides is 1. The topological polar surface area (TPSA) is 54.7 Å². The average molecular weight is 328 g/mol. The number of imidazole rings is 1. The molecule has 1 aliphatic heterocycles. The Hall–Kier alpha value is -1.11. The Kier molecular flexibility index (Phi) is 3.50. The Labute approximate surface area is 129 Å². The maximum atomic E-state index is 12.9. The van der Waals surface area contributed by atoms with Gasteiger partial charge in [-0.15, -0.1) is 0 Å². The molecular weight excluding hydrogens is 310 g/mol. The highest BCUT2D eigenvalue weighted by Crippen LogP contribution is 2.34. The minimum atomic E-state index is -3.62. The van der Waals surface area contributed by atoms with Crippen molar-refractivity contribution in [1.82, 2.24) is 13.7 Å². The van der Waals surface area contributed by atoms with Gasteiger partial charge in [-0.3, -0.25) is 4.40 Å². The second-order valence-electron chi connectivity index (χ2n) is 6.20. The standard InChI is InChI=1S/C14H18ClN3O2S/c1-14(2)6-9-17(10-7-14)21(19,20)13-12(15)16-11-5-3-4-8-18(11)13/h3-5,8H,6-7,9-10H2,1-2H3. The number of fused-ring (bicyclic) bond motifs is 1. The third kappa shape index (κ3) is 2.56. The molecule has 0 N–H and O–H groups in total. The van der Waals surface area contributed by atoms with Crippen LogP contribution in [0.5, 0.6) is 0 Å². The maximum Gasteiger partial charge on any atom is 0.262 e. The van der Waals surface area contributed by atoms with Crippen molar-refractivity contribution in [2.75, 3.05) is 13.1 Å². The molecule has 2 aromatic heterocycles. The third-order valence-corrected chi connectivity index (χ3v) is 6.41. The van der Waals surface area contributed by atoms with E-state index in [9.17, 15) is 8.42 Å². The highest BCUT2D eigenvalue weighted by atomic mass is 35.5. The van der Waals surface area contributed by atoms with Crippen LogP contribution in [0.15, 0.2) is 29.4 Å². The molecule has 114 valence electrons. The summed E-state index contributed by atoms with van der Waals surface area (Å²) in [6.45, 7) is 5.37. The number of pyridine rings is 1. The molecule has 7 heteroatoms. The molecule has 0 saturated carbocycles. The van der Waals surface area contributed by atoms with Crippen molar-refractivity contribution in [3.8, 4) is 0 Å². The number of halogens is 1. The van der Waals surface area contributed by atoms with Crippen molar-refractivity contribution < 1.29 is 8.42 Å². The van der Waals surface area contributed by atoms with E-state index in [1.165, 1.54) is 8.71 Å². The summed E-state index contributed by atoms with van der Waals surface area (Å²) >= 11 is 6.09. The molecule has 0 aromatic carbocycles. The van der Waals surface area contributed by atoms with Gasteiger partial charge in [-0.1, -0.05) is 31.5 Å². The van der Waals surface area contributed by atoms with Crippen LogP contribution < -0.4 is 0 Å². The maximum absolute atomic E-state index is 12.9. The van der Waals surface area contributed by atoms with E-state index in [1.54, 1.807) is 24.4 Å². The molecular formula is C14H18ClN3O2S. The Morgan fingerprint density at radius 1 is 1.24 bits per heavy atom. The largest absolute Gasteiger partial charge is 0.288 e. The highest BCUT2D eigenvalue weighted by Gasteiger charge is 2.35. The second kappa shape index (κ2) is 4.97. The normalized spacial score (nSPS) is 20.0. The predicted molar refractivity (Wildman–Crippen MR) is 82.0 cm³/mol. The second-order valence-corrected chi connectivity index (χ2v) is 8.42. The van der Waals surface area contributed by atoms with E-state index in [1.807, 2.05) is 0 Å². The first-order valence-corrected chi connectivity index (χ1v) is 8.76. The fourth-order valence-electron chi connectivity index (χ4n) is 2.63. The monoisotopic (exact) mass is 327 g/mol. The Bertz CT molecular complexity index is 773. The molecule has 0 radical (unpaired) electrons. The lowest BCUT2D eigenvalue weighted by Crippen LogP contribution is -2.41. The van der Waals surface area contributed by atoms with Gasteiger partial charge < -0.3 is 0 Å².